The molecule has 2 N–H and O–H groups in total. The fraction of sp³-hybridized carbons (Fsp3) is 0.435. The first kappa shape index (κ1) is 22.7. The molecular formula is C23H27F2N3O3. The third-order valence-electron chi connectivity index (χ3n) is 5.69. The van der Waals surface area contributed by atoms with Crippen molar-refractivity contribution in [1.29, 1.82) is 0 Å². The largest absolute Gasteiger partial charge is 0.488 e. The number of rotatable bonds is 5. The molecule has 3 rings (SSSR count). The van der Waals surface area contributed by atoms with Crippen LogP contribution in [0.3, 0.4) is 0 Å². The Bertz CT molecular complexity index is 931. The van der Waals surface area contributed by atoms with Gasteiger partial charge in [-0.25, -0.2) is 13.6 Å². The number of halogens is 2. The number of pyridine rings is 1. The smallest absolute Gasteiger partial charge is 0.326 e. The third-order valence-corrected chi connectivity index (χ3v) is 5.69. The Labute approximate surface area is 180 Å². The molecule has 6 nitrogen and oxygen atoms in total. The predicted octanol–water partition coefficient (Wildman–Crippen LogP) is 5.16. The van der Waals surface area contributed by atoms with Crippen molar-refractivity contribution < 1.29 is 23.1 Å². The second-order valence-corrected chi connectivity index (χ2v) is 8.36. The number of hydrogen-bond acceptors (Lipinski definition) is 4. The fourth-order valence-electron chi connectivity index (χ4n) is 4.03. The van der Waals surface area contributed by atoms with E-state index in [0.29, 0.717) is 23.5 Å². The number of imide groups is 1. The van der Waals surface area contributed by atoms with Crippen LogP contribution in [-0.2, 0) is 0 Å². The highest BCUT2D eigenvalue weighted by atomic mass is 19.1. The average Bonchev–Trinajstić information content (AvgIpc) is 2.69. The Morgan fingerprint density at radius 3 is 2.55 bits per heavy atom. The van der Waals surface area contributed by atoms with Crippen molar-refractivity contribution in [2.45, 2.75) is 46.1 Å². The van der Waals surface area contributed by atoms with Crippen molar-refractivity contribution in [3.63, 3.8) is 0 Å². The summed E-state index contributed by atoms with van der Waals surface area (Å²) in [5.74, 6) is -1.48. The molecule has 8 heteroatoms. The molecule has 0 bridgehead atoms. The normalized spacial score (nSPS) is 20.9. The summed E-state index contributed by atoms with van der Waals surface area (Å²) in [6.45, 7) is 6.53. The molecule has 166 valence electrons. The zero-order chi connectivity index (χ0) is 22.5. The summed E-state index contributed by atoms with van der Waals surface area (Å²) in [7, 11) is 0. The molecule has 3 amide bonds. The van der Waals surface area contributed by atoms with E-state index in [1.54, 1.807) is 12.3 Å². The lowest BCUT2D eigenvalue weighted by Gasteiger charge is -2.37. The zero-order valence-corrected chi connectivity index (χ0v) is 17.8. The molecule has 2 aromatic rings. The molecular weight excluding hydrogens is 404 g/mol. The van der Waals surface area contributed by atoms with Crippen LogP contribution >= 0.6 is 0 Å². The van der Waals surface area contributed by atoms with Gasteiger partial charge < -0.3 is 10.1 Å². The van der Waals surface area contributed by atoms with Crippen molar-refractivity contribution in [2.24, 2.45) is 17.8 Å². The quantitative estimate of drug-likeness (QED) is 0.685. The predicted molar refractivity (Wildman–Crippen MR) is 113 cm³/mol. The minimum Gasteiger partial charge on any atom is -0.488 e. The molecule has 1 aromatic carbocycles. The molecule has 1 saturated carbocycles. The number of benzene rings is 1. The van der Waals surface area contributed by atoms with Gasteiger partial charge in [0.1, 0.15) is 34.7 Å². The molecule has 31 heavy (non-hydrogen) atoms. The van der Waals surface area contributed by atoms with Gasteiger partial charge in [0.15, 0.2) is 0 Å². The van der Waals surface area contributed by atoms with Crippen molar-refractivity contribution >= 4 is 17.6 Å². The lowest BCUT2D eigenvalue weighted by molar-refractivity contribution is 0.0465. The highest BCUT2D eigenvalue weighted by Crippen LogP contribution is 2.37. The van der Waals surface area contributed by atoms with Crippen molar-refractivity contribution in [3.8, 4) is 5.75 Å². The van der Waals surface area contributed by atoms with E-state index in [2.05, 4.69) is 31.1 Å². The molecule has 0 aliphatic heterocycles. The summed E-state index contributed by atoms with van der Waals surface area (Å²) < 4.78 is 33.8. The van der Waals surface area contributed by atoms with Crippen LogP contribution in [0.5, 0.6) is 5.75 Å². The van der Waals surface area contributed by atoms with Crippen molar-refractivity contribution in [2.75, 3.05) is 5.32 Å². The number of hydrogen-bond donors (Lipinski definition) is 2. The van der Waals surface area contributed by atoms with Gasteiger partial charge in [-0.15, -0.1) is 0 Å². The second kappa shape index (κ2) is 9.85. The van der Waals surface area contributed by atoms with Crippen molar-refractivity contribution in [3.05, 3.63) is 53.9 Å². The average molecular weight is 431 g/mol. The number of nitrogens with one attached hydrogen (secondary N) is 2. The number of amides is 3. The Morgan fingerprint density at radius 1 is 1.16 bits per heavy atom. The van der Waals surface area contributed by atoms with Crippen LogP contribution in [0, 0.1) is 29.4 Å². The van der Waals surface area contributed by atoms with Crippen LogP contribution in [0.25, 0.3) is 0 Å². The molecule has 1 aromatic heterocycles. The summed E-state index contributed by atoms with van der Waals surface area (Å²) in [4.78, 5) is 28.5. The summed E-state index contributed by atoms with van der Waals surface area (Å²) >= 11 is 0. The van der Waals surface area contributed by atoms with Crippen LogP contribution < -0.4 is 15.4 Å². The molecule has 1 fully saturated rings. The van der Waals surface area contributed by atoms with E-state index < -0.39 is 29.1 Å². The lowest BCUT2D eigenvalue weighted by atomic mass is 9.75. The van der Waals surface area contributed by atoms with Crippen LogP contribution in [0.2, 0.25) is 0 Å². The van der Waals surface area contributed by atoms with E-state index in [9.17, 15) is 18.4 Å². The number of anilines is 1. The number of ether oxygens (including phenoxy) is 1. The molecule has 1 aliphatic rings. The van der Waals surface area contributed by atoms with Gasteiger partial charge in [0.05, 0.1) is 6.20 Å². The third kappa shape index (κ3) is 5.57. The Morgan fingerprint density at radius 2 is 1.87 bits per heavy atom. The molecule has 1 heterocycles. The van der Waals surface area contributed by atoms with Crippen molar-refractivity contribution in [1.82, 2.24) is 10.3 Å². The summed E-state index contributed by atoms with van der Waals surface area (Å²) in [5.41, 5.74) is -0.557. The van der Waals surface area contributed by atoms with Gasteiger partial charge in [0.25, 0.3) is 5.91 Å². The number of urea groups is 1. The maximum absolute atomic E-state index is 13.8. The zero-order valence-electron chi connectivity index (χ0n) is 17.8. The minimum atomic E-state index is -1.18. The van der Waals surface area contributed by atoms with Crippen LogP contribution in [0.1, 0.15) is 50.4 Å². The SMILES string of the molecule is CC1CCC(C(C)C)C(Oc2ccncc2NC(=O)NC(=O)c2c(F)cccc2F)C1. The van der Waals surface area contributed by atoms with Gasteiger partial charge in [0.2, 0.25) is 0 Å². The van der Waals surface area contributed by atoms with E-state index in [1.165, 1.54) is 6.20 Å². The van der Waals surface area contributed by atoms with Gasteiger partial charge in [-0.3, -0.25) is 15.1 Å². The highest BCUT2D eigenvalue weighted by molar-refractivity contribution is 6.08. The summed E-state index contributed by atoms with van der Waals surface area (Å²) in [5, 5.41) is 4.43. The van der Waals surface area contributed by atoms with E-state index >= 15 is 0 Å². The second-order valence-electron chi connectivity index (χ2n) is 8.36. The minimum absolute atomic E-state index is 0.0103. The van der Waals surface area contributed by atoms with Crippen LogP contribution in [0.4, 0.5) is 19.3 Å². The van der Waals surface area contributed by atoms with Gasteiger partial charge in [0, 0.05) is 12.3 Å². The molecule has 1 aliphatic carbocycles. The molecule has 0 radical (unpaired) electrons. The van der Waals surface area contributed by atoms with Gasteiger partial charge >= 0.3 is 6.03 Å². The number of nitrogens with zero attached hydrogens (tertiary/aromatic N) is 1. The maximum Gasteiger partial charge on any atom is 0.326 e. The van der Waals surface area contributed by atoms with E-state index in [1.807, 2.05) is 5.32 Å². The fourth-order valence-corrected chi connectivity index (χ4v) is 4.03. The Kier molecular flexibility index (Phi) is 7.20. The van der Waals surface area contributed by atoms with Crippen LogP contribution in [0.15, 0.2) is 36.7 Å². The monoisotopic (exact) mass is 431 g/mol. The summed E-state index contributed by atoms with van der Waals surface area (Å²) in [6, 6.07) is 3.73. The van der Waals surface area contributed by atoms with Gasteiger partial charge in [-0.05, 0) is 42.7 Å². The topological polar surface area (TPSA) is 80.3 Å². The van der Waals surface area contributed by atoms with Crippen LogP contribution in [-0.4, -0.2) is 23.0 Å². The first-order valence-electron chi connectivity index (χ1n) is 10.4. The van der Waals surface area contributed by atoms with Gasteiger partial charge in [-0.2, -0.15) is 0 Å². The number of aromatic nitrogens is 1. The highest BCUT2D eigenvalue weighted by Gasteiger charge is 2.32. The molecule has 3 atom stereocenters. The first-order chi connectivity index (χ1) is 14.8. The molecule has 3 unspecified atom stereocenters. The Hall–Kier alpha value is -3.03. The lowest BCUT2D eigenvalue weighted by Crippen LogP contribution is -2.37. The number of carbonyl (C=O) groups is 2. The van der Waals surface area contributed by atoms with E-state index in [4.69, 9.17) is 4.74 Å². The Balaban J connectivity index is 1.71. The number of carbonyl (C=O) groups excluding carboxylic acids is 2. The molecule has 0 spiro atoms. The van der Waals surface area contributed by atoms with E-state index in [0.717, 1.165) is 37.5 Å². The maximum atomic E-state index is 13.8. The van der Waals surface area contributed by atoms with E-state index in [-0.39, 0.29) is 11.8 Å². The standard InChI is InChI=1S/C23H27F2N3O3/c1-13(2)15-8-7-14(3)11-20(15)31-19-9-10-26-12-18(19)27-23(30)28-22(29)21-16(24)5-4-6-17(21)25/h4-6,9-10,12-15,20H,7-8,11H2,1-3H3,(H2,27,28,29,30). The first-order valence-corrected chi connectivity index (χ1v) is 10.4. The molecule has 0 saturated heterocycles. The summed E-state index contributed by atoms with van der Waals surface area (Å²) in [6.07, 6.45) is 6.07. The van der Waals surface area contributed by atoms with Gasteiger partial charge in [-0.1, -0.05) is 33.3 Å².